The predicted octanol–water partition coefficient (Wildman–Crippen LogP) is 5.04. The summed E-state index contributed by atoms with van der Waals surface area (Å²) >= 11 is 1.41. The van der Waals surface area contributed by atoms with E-state index in [0.717, 1.165) is 12.1 Å². The molecule has 2 aromatic rings. The van der Waals surface area contributed by atoms with Gasteiger partial charge in [0.2, 0.25) is 5.91 Å². The lowest BCUT2D eigenvalue weighted by molar-refractivity contribution is -0.113. The molecule has 2 aromatic carbocycles. The monoisotopic (exact) mass is 331 g/mol. The largest absolute Gasteiger partial charge is 0.325 e. The zero-order valence-electron chi connectivity index (χ0n) is 13.3. The van der Waals surface area contributed by atoms with E-state index >= 15 is 0 Å². The molecule has 23 heavy (non-hydrogen) atoms. The maximum atomic E-state index is 13.5. The van der Waals surface area contributed by atoms with Crippen LogP contribution in [0, 0.1) is 5.82 Å². The molecule has 0 heterocycles. The van der Waals surface area contributed by atoms with Crippen LogP contribution in [0.25, 0.3) is 0 Å². The summed E-state index contributed by atoms with van der Waals surface area (Å²) in [6.07, 6.45) is 3.43. The van der Waals surface area contributed by atoms with Gasteiger partial charge in [-0.3, -0.25) is 4.79 Å². The van der Waals surface area contributed by atoms with Crippen molar-refractivity contribution >= 4 is 23.4 Å². The van der Waals surface area contributed by atoms with Gasteiger partial charge < -0.3 is 5.32 Å². The van der Waals surface area contributed by atoms with Crippen molar-refractivity contribution in [3.63, 3.8) is 0 Å². The lowest BCUT2D eigenvalue weighted by atomic mass is 10.1. The Hall–Kier alpha value is -1.81. The van der Waals surface area contributed by atoms with E-state index in [4.69, 9.17) is 0 Å². The second kappa shape index (κ2) is 9.36. The number of amides is 1. The molecule has 1 amide bonds. The normalized spacial score (nSPS) is 10.5. The molecule has 2 nitrogen and oxygen atoms in total. The number of thioether (sulfide) groups is 1. The molecule has 0 spiro atoms. The fourth-order valence-electron chi connectivity index (χ4n) is 2.20. The Balaban J connectivity index is 1.75. The van der Waals surface area contributed by atoms with Crippen LogP contribution in [0.2, 0.25) is 0 Å². The van der Waals surface area contributed by atoms with E-state index in [1.54, 1.807) is 18.2 Å². The smallest absolute Gasteiger partial charge is 0.234 e. The minimum atomic E-state index is -0.219. The first-order valence-electron chi connectivity index (χ1n) is 7.89. The Labute approximate surface area is 141 Å². The molecule has 0 radical (unpaired) electrons. The van der Waals surface area contributed by atoms with Gasteiger partial charge in [-0.1, -0.05) is 43.7 Å². The molecule has 0 saturated heterocycles. The van der Waals surface area contributed by atoms with Crippen LogP contribution in [0.3, 0.4) is 0 Å². The lowest BCUT2D eigenvalue weighted by Crippen LogP contribution is -2.14. The van der Waals surface area contributed by atoms with Crippen molar-refractivity contribution in [1.29, 1.82) is 0 Å². The number of unbranched alkanes of at least 4 members (excludes halogenated alkanes) is 1. The molecule has 0 aliphatic heterocycles. The number of aryl methyl sites for hydroxylation is 1. The number of carbonyl (C=O) groups excluding carboxylic acids is 1. The second-order valence-corrected chi connectivity index (χ2v) is 6.42. The van der Waals surface area contributed by atoms with E-state index in [2.05, 4.69) is 24.4 Å². The molecular formula is C19H22FNOS. The van der Waals surface area contributed by atoms with Gasteiger partial charge in [0.1, 0.15) is 5.82 Å². The highest BCUT2D eigenvalue weighted by Crippen LogP contribution is 2.16. The molecule has 0 aromatic heterocycles. The summed E-state index contributed by atoms with van der Waals surface area (Å²) in [7, 11) is 0. The molecule has 122 valence electrons. The average molecular weight is 331 g/mol. The Morgan fingerprint density at radius 2 is 1.87 bits per heavy atom. The summed E-state index contributed by atoms with van der Waals surface area (Å²) in [5.74, 6) is 0.526. The Morgan fingerprint density at radius 1 is 1.13 bits per heavy atom. The number of anilines is 1. The first-order chi connectivity index (χ1) is 11.2. The molecule has 4 heteroatoms. The summed E-state index contributed by atoms with van der Waals surface area (Å²) in [6.45, 7) is 2.17. The van der Waals surface area contributed by atoms with Gasteiger partial charge in [-0.25, -0.2) is 4.39 Å². The first kappa shape index (κ1) is 17.5. The van der Waals surface area contributed by atoms with Gasteiger partial charge in [0.05, 0.1) is 5.75 Å². The third-order valence-corrected chi connectivity index (χ3v) is 4.49. The van der Waals surface area contributed by atoms with Crippen molar-refractivity contribution in [2.45, 2.75) is 31.9 Å². The zero-order valence-corrected chi connectivity index (χ0v) is 14.2. The lowest BCUT2D eigenvalue weighted by Gasteiger charge is -2.07. The summed E-state index contributed by atoms with van der Waals surface area (Å²) < 4.78 is 13.5. The van der Waals surface area contributed by atoms with Crippen LogP contribution in [0.1, 0.15) is 30.9 Å². The minimum absolute atomic E-state index is 0.0624. The molecule has 0 unspecified atom stereocenters. The standard InChI is InChI=1S/C19H22FNOS/c1-2-3-6-15-9-11-17(12-10-15)21-19(22)14-23-13-16-7-4-5-8-18(16)20/h4-5,7-12H,2-3,6,13-14H2,1H3,(H,21,22). The van der Waals surface area contributed by atoms with Crippen molar-refractivity contribution in [2.24, 2.45) is 0 Å². The summed E-state index contributed by atoms with van der Waals surface area (Å²) in [6, 6.07) is 14.6. The predicted molar refractivity (Wildman–Crippen MR) is 96.2 cm³/mol. The number of nitrogens with one attached hydrogen (secondary N) is 1. The van der Waals surface area contributed by atoms with Gasteiger partial charge >= 0.3 is 0 Å². The maximum Gasteiger partial charge on any atom is 0.234 e. The number of carbonyl (C=O) groups is 1. The van der Waals surface area contributed by atoms with Gasteiger partial charge in [0.25, 0.3) is 0 Å². The molecule has 0 bridgehead atoms. The summed E-state index contributed by atoms with van der Waals surface area (Å²) in [5, 5.41) is 2.87. The van der Waals surface area contributed by atoms with Crippen LogP contribution < -0.4 is 5.32 Å². The summed E-state index contributed by atoms with van der Waals surface area (Å²) in [5.41, 5.74) is 2.73. The van der Waals surface area contributed by atoms with Crippen molar-refractivity contribution in [3.05, 3.63) is 65.5 Å². The van der Waals surface area contributed by atoms with E-state index in [9.17, 15) is 9.18 Å². The summed E-state index contributed by atoms with van der Waals surface area (Å²) in [4.78, 5) is 11.9. The van der Waals surface area contributed by atoms with Gasteiger partial charge in [-0.05, 0) is 42.2 Å². The van der Waals surface area contributed by atoms with Gasteiger partial charge in [-0.15, -0.1) is 11.8 Å². The highest BCUT2D eigenvalue weighted by atomic mass is 32.2. The van der Waals surface area contributed by atoms with Crippen LogP contribution in [0.4, 0.5) is 10.1 Å². The van der Waals surface area contributed by atoms with Crippen LogP contribution in [0.15, 0.2) is 48.5 Å². The topological polar surface area (TPSA) is 29.1 Å². The highest BCUT2D eigenvalue weighted by Gasteiger charge is 2.05. The number of hydrogen-bond donors (Lipinski definition) is 1. The van der Waals surface area contributed by atoms with Crippen molar-refractivity contribution < 1.29 is 9.18 Å². The molecule has 2 rings (SSSR count). The Bertz CT molecular complexity index is 628. The molecule has 0 atom stereocenters. The molecule has 0 aliphatic rings. The number of benzene rings is 2. The van der Waals surface area contributed by atoms with E-state index in [1.807, 2.05) is 12.1 Å². The van der Waals surface area contributed by atoms with Crippen molar-refractivity contribution in [3.8, 4) is 0 Å². The molecule has 0 fully saturated rings. The first-order valence-corrected chi connectivity index (χ1v) is 9.04. The third-order valence-electron chi connectivity index (χ3n) is 3.51. The van der Waals surface area contributed by atoms with E-state index in [0.29, 0.717) is 17.1 Å². The second-order valence-electron chi connectivity index (χ2n) is 5.43. The molecule has 1 N–H and O–H groups in total. The number of rotatable bonds is 8. The number of halogens is 1. The van der Waals surface area contributed by atoms with Gasteiger partial charge in [0, 0.05) is 11.4 Å². The quantitative estimate of drug-likeness (QED) is 0.734. The maximum absolute atomic E-state index is 13.5. The van der Waals surface area contributed by atoms with Crippen molar-refractivity contribution in [2.75, 3.05) is 11.1 Å². The molecular weight excluding hydrogens is 309 g/mol. The zero-order chi connectivity index (χ0) is 16.5. The SMILES string of the molecule is CCCCc1ccc(NC(=O)CSCc2ccccc2F)cc1. The van der Waals surface area contributed by atoms with Crippen LogP contribution in [0.5, 0.6) is 0 Å². The number of hydrogen-bond acceptors (Lipinski definition) is 2. The van der Waals surface area contributed by atoms with Gasteiger partial charge in [-0.2, -0.15) is 0 Å². The van der Waals surface area contributed by atoms with Crippen LogP contribution in [-0.4, -0.2) is 11.7 Å². The molecule has 0 saturated carbocycles. The minimum Gasteiger partial charge on any atom is -0.325 e. The third kappa shape index (κ3) is 6.06. The van der Waals surface area contributed by atoms with E-state index in [-0.39, 0.29) is 11.7 Å². The Kier molecular flexibility index (Phi) is 7.14. The van der Waals surface area contributed by atoms with E-state index < -0.39 is 0 Å². The Morgan fingerprint density at radius 3 is 2.57 bits per heavy atom. The van der Waals surface area contributed by atoms with E-state index in [1.165, 1.54) is 36.2 Å². The fraction of sp³-hybridized carbons (Fsp3) is 0.316. The van der Waals surface area contributed by atoms with Crippen LogP contribution >= 0.6 is 11.8 Å². The van der Waals surface area contributed by atoms with Gasteiger partial charge in [0.15, 0.2) is 0 Å². The average Bonchev–Trinajstić information content (AvgIpc) is 2.56. The highest BCUT2D eigenvalue weighted by molar-refractivity contribution is 7.99. The fourth-order valence-corrected chi connectivity index (χ4v) is 3.02. The molecule has 0 aliphatic carbocycles. The van der Waals surface area contributed by atoms with Crippen molar-refractivity contribution in [1.82, 2.24) is 0 Å². The van der Waals surface area contributed by atoms with Crippen LogP contribution in [-0.2, 0) is 17.0 Å².